The Morgan fingerprint density at radius 2 is 1.82 bits per heavy atom. The summed E-state index contributed by atoms with van der Waals surface area (Å²) < 4.78 is 5.44. The SMILES string of the molecule is CC.COc1cc2c(cc1NNc1csc(-c3ccc(C4CCCCC4)cc3)n1)CNC2=O. The van der Waals surface area contributed by atoms with Crippen LogP contribution in [0, 0.1) is 0 Å². The number of hydrogen-bond acceptors (Lipinski definition) is 6. The first-order valence-corrected chi connectivity index (χ1v) is 12.7. The van der Waals surface area contributed by atoms with Crippen LogP contribution in [0.1, 0.15) is 73.4 Å². The Morgan fingerprint density at radius 3 is 2.55 bits per heavy atom. The number of rotatable bonds is 6. The molecule has 0 radical (unpaired) electrons. The molecule has 6 nitrogen and oxygen atoms in total. The highest BCUT2D eigenvalue weighted by Gasteiger charge is 2.22. The number of carbonyl (C=O) groups excluding carboxylic acids is 1. The fourth-order valence-electron chi connectivity index (χ4n) is 4.45. The minimum absolute atomic E-state index is 0.0635. The molecular formula is C26H32N4O2S. The van der Waals surface area contributed by atoms with E-state index < -0.39 is 0 Å². The summed E-state index contributed by atoms with van der Waals surface area (Å²) in [6.45, 7) is 4.53. The number of carbonyl (C=O) groups is 1. The molecule has 1 aromatic heterocycles. The number of hydrazine groups is 1. The number of amides is 1. The number of fused-ring (bicyclic) bond motifs is 1. The number of thiazole rings is 1. The van der Waals surface area contributed by atoms with E-state index in [4.69, 9.17) is 9.72 Å². The van der Waals surface area contributed by atoms with Crippen molar-refractivity contribution >= 4 is 28.7 Å². The summed E-state index contributed by atoms with van der Waals surface area (Å²) in [5.41, 5.74) is 11.3. The molecule has 3 aromatic rings. The third kappa shape index (κ3) is 5.14. The van der Waals surface area contributed by atoms with Crippen molar-refractivity contribution < 1.29 is 9.53 Å². The summed E-state index contributed by atoms with van der Waals surface area (Å²) in [6.07, 6.45) is 6.70. The Kier molecular flexibility index (Phi) is 7.50. The molecule has 33 heavy (non-hydrogen) atoms. The zero-order valence-electron chi connectivity index (χ0n) is 19.5. The third-order valence-corrected chi connectivity index (χ3v) is 7.06. The topological polar surface area (TPSA) is 75.3 Å². The second-order valence-corrected chi connectivity index (χ2v) is 9.00. The Hall–Kier alpha value is -3.06. The lowest BCUT2D eigenvalue weighted by Crippen LogP contribution is -2.12. The molecule has 1 aliphatic heterocycles. The van der Waals surface area contributed by atoms with E-state index in [0.29, 0.717) is 23.8 Å². The summed E-state index contributed by atoms with van der Waals surface area (Å²) in [5.74, 6) is 2.00. The van der Waals surface area contributed by atoms with Gasteiger partial charge in [0.1, 0.15) is 10.8 Å². The number of anilines is 2. The van der Waals surface area contributed by atoms with Crippen LogP contribution in [-0.4, -0.2) is 18.0 Å². The molecule has 2 aliphatic rings. The van der Waals surface area contributed by atoms with Crippen LogP contribution in [0.4, 0.5) is 11.5 Å². The van der Waals surface area contributed by atoms with Crippen LogP contribution < -0.4 is 20.9 Å². The van der Waals surface area contributed by atoms with E-state index in [-0.39, 0.29) is 5.91 Å². The van der Waals surface area contributed by atoms with Gasteiger partial charge in [0.2, 0.25) is 0 Å². The van der Waals surface area contributed by atoms with Crippen LogP contribution in [-0.2, 0) is 6.54 Å². The lowest BCUT2D eigenvalue weighted by Gasteiger charge is -2.21. The van der Waals surface area contributed by atoms with E-state index in [2.05, 4.69) is 40.4 Å². The van der Waals surface area contributed by atoms with E-state index in [1.165, 1.54) is 37.7 Å². The molecule has 2 heterocycles. The standard InChI is InChI=1S/C24H26N4O2S.C2H6/c1-30-21-12-19-18(13-25-23(19)29)11-20(21)27-28-22-14-31-24(26-22)17-9-7-16(8-10-17)15-5-3-2-4-6-15;1-2/h7-12,14-15,27-28H,2-6,13H2,1H3,(H,25,29);1-2H3. The molecule has 1 amide bonds. The summed E-state index contributed by atoms with van der Waals surface area (Å²) in [5, 5.41) is 5.80. The van der Waals surface area contributed by atoms with Gasteiger partial charge in [-0.2, -0.15) is 0 Å². The van der Waals surface area contributed by atoms with Gasteiger partial charge < -0.3 is 10.1 Å². The number of hydrogen-bond donors (Lipinski definition) is 3. The molecule has 1 fully saturated rings. The van der Waals surface area contributed by atoms with Gasteiger partial charge in [0.05, 0.1) is 12.8 Å². The van der Waals surface area contributed by atoms with Gasteiger partial charge in [-0.25, -0.2) is 4.98 Å². The van der Waals surface area contributed by atoms with Crippen molar-refractivity contribution in [1.82, 2.24) is 10.3 Å². The van der Waals surface area contributed by atoms with E-state index in [9.17, 15) is 4.79 Å². The van der Waals surface area contributed by atoms with Crippen LogP contribution >= 0.6 is 11.3 Å². The molecule has 0 bridgehead atoms. The Bertz CT molecular complexity index is 1090. The highest BCUT2D eigenvalue weighted by molar-refractivity contribution is 7.13. The number of methoxy groups -OCH3 is 1. The molecule has 5 rings (SSSR count). The number of aromatic nitrogens is 1. The Labute approximate surface area is 199 Å². The molecule has 7 heteroatoms. The predicted molar refractivity (Wildman–Crippen MR) is 136 cm³/mol. The van der Waals surface area contributed by atoms with Crippen LogP contribution in [0.3, 0.4) is 0 Å². The Balaban J connectivity index is 0.00000126. The average Bonchev–Trinajstić information content (AvgIpc) is 3.50. The van der Waals surface area contributed by atoms with Crippen molar-refractivity contribution in [3.05, 3.63) is 58.5 Å². The van der Waals surface area contributed by atoms with Crippen molar-refractivity contribution in [2.75, 3.05) is 18.0 Å². The number of ether oxygens (including phenoxy) is 1. The molecule has 0 saturated heterocycles. The molecule has 1 aliphatic carbocycles. The molecule has 0 spiro atoms. The summed E-state index contributed by atoms with van der Waals surface area (Å²) >= 11 is 1.61. The zero-order chi connectivity index (χ0) is 23.2. The van der Waals surface area contributed by atoms with Crippen molar-refractivity contribution in [2.24, 2.45) is 0 Å². The highest BCUT2D eigenvalue weighted by atomic mass is 32.1. The number of benzene rings is 2. The van der Waals surface area contributed by atoms with Gasteiger partial charge in [0.15, 0.2) is 5.82 Å². The summed E-state index contributed by atoms with van der Waals surface area (Å²) in [7, 11) is 1.59. The second-order valence-electron chi connectivity index (χ2n) is 8.14. The quantitative estimate of drug-likeness (QED) is 0.360. The van der Waals surface area contributed by atoms with E-state index in [0.717, 1.165) is 27.6 Å². The fraction of sp³-hybridized carbons (Fsp3) is 0.385. The zero-order valence-corrected chi connectivity index (χ0v) is 20.3. The van der Waals surface area contributed by atoms with Gasteiger partial charge in [0, 0.05) is 23.1 Å². The normalized spacial score (nSPS) is 15.2. The minimum Gasteiger partial charge on any atom is -0.494 e. The van der Waals surface area contributed by atoms with Gasteiger partial charge in [-0.1, -0.05) is 57.4 Å². The van der Waals surface area contributed by atoms with Crippen LogP contribution in [0.2, 0.25) is 0 Å². The molecule has 3 N–H and O–H groups in total. The molecular weight excluding hydrogens is 432 g/mol. The number of nitrogens with one attached hydrogen (secondary N) is 3. The average molecular weight is 465 g/mol. The highest BCUT2D eigenvalue weighted by Crippen LogP contribution is 2.35. The van der Waals surface area contributed by atoms with Gasteiger partial charge in [0.25, 0.3) is 5.91 Å². The van der Waals surface area contributed by atoms with E-state index in [1.807, 2.05) is 25.3 Å². The van der Waals surface area contributed by atoms with Crippen molar-refractivity contribution in [3.63, 3.8) is 0 Å². The first kappa shape index (κ1) is 23.1. The van der Waals surface area contributed by atoms with E-state index in [1.54, 1.807) is 24.5 Å². The van der Waals surface area contributed by atoms with Crippen molar-refractivity contribution in [1.29, 1.82) is 0 Å². The largest absolute Gasteiger partial charge is 0.494 e. The molecule has 0 atom stereocenters. The summed E-state index contributed by atoms with van der Waals surface area (Å²) in [6, 6.07) is 12.6. The Morgan fingerprint density at radius 1 is 1.06 bits per heavy atom. The molecule has 2 aromatic carbocycles. The second kappa shape index (κ2) is 10.7. The monoisotopic (exact) mass is 464 g/mol. The summed E-state index contributed by atoms with van der Waals surface area (Å²) in [4.78, 5) is 16.6. The molecule has 0 unspecified atom stereocenters. The van der Waals surface area contributed by atoms with E-state index >= 15 is 0 Å². The first-order valence-electron chi connectivity index (χ1n) is 11.8. The lowest BCUT2D eigenvalue weighted by molar-refractivity contribution is 0.0965. The predicted octanol–water partition coefficient (Wildman–Crippen LogP) is 6.58. The van der Waals surface area contributed by atoms with Crippen molar-refractivity contribution in [3.8, 4) is 16.3 Å². The maximum Gasteiger partial charge on any atom is 0.252 e. The first-order chi connectivity index (χ1) is 16.2. The van der Waals surface area contributed by atoms with Crippen LogP contribution in [0.5, 0.6) is 5.75 Å². The smallest absolute Gasteiger partial charge is 0.252 e. The number of nitrogens with zero attached hydrogens (tertiary/aromatic N) is 1. The van der Waals surface area contributed by atoms with Gasteiger partial charge in [-0.15, -0.1) is 11.3 Å². The van der Waals surface area contributed by atoms with Gasteiger partial charge >= 0.3 is 0 Å². The fourth-order valence-corrected chi connectivity index (χ4v) is 5.21. The van der Waals surface area contributed by atoms with Crippen LogP contribution in [0.15, 0.2) is 41.8 Å². The van der Waals surface area contributed by atoms with Gasteiger partial charge in [-0.3, -0.25) is 15.6 Å². The van der Waals surface area contributed by atoms with Crippen LogP contribution in [0.25, 0.3) is 10.6 Å². The van der Waals surface area contributed by atoms with Crippen molar-refractivity contribution in [2.45, 2.75) is 58.4 Å². The molecule has 174 valence electrons. The molecule has 1 saturated carbocycles. The van der Waals surface area contributed by atoms with Gasteiger partial charge in [-0.05, 0) is 42.0 Å². The maximum absolute atomic E-state index is 11.9. The maximum atomic E-state index is 11.9. The third-order valence-electron chi connectivity index (χ3n) is 6.17. The lowest BCUT2D eigenvalue weighted by atomic mass is 9.84. The minimum atomic E-state index is -0.0635.